The Balaban J connectivity index is 1.35. The summed E-state index contributed by atoms with van der Waals surface area (Å²) < 4.78 is 29.4. The van der Waals surface area contributed by atoms with Crippen molar-refractivity contribution >= 4 is 15.8 Å². The number of aliphatic carboxylic acids is 1. The molecular weight excluding hydrogens is 478 g/mol. The van der Waals surface area contributed by atoms with Gasteiger partial charge in [-0.1, -0.05) is 42.3 Å². The Morgan fingerprint density at radius 2 is 1.92 bits per heavy atom. The zero-order valence-electron chi connectivity index (χ0n) is 20.1. The van der Waals surface area contributed by atoms with Gasteiger partial charge in [-0.15, -0.1) is 5.92 Å². The summed E-state index contributed by atoms with van der Waals surface area (Å²) in [6.45, 7) is 4.02. The molecule has 1 aliphatic heterocycles. The molecule has 8 nitrogen and oxygen atoms in total. The summed E-state index contributed by atoms with van der Waals surface area (Å²) in [5.41, 5.74) is 4.68. The molecule has 1 atom stereocenters. The van der Waals surface area contributed by atoms with Crippen molar-refractivity contribution in [3.8, 4) is 17.6 Å². The number of carboxylic acid groups (broad SMARTS) is 1. The van der Waals surface area contributed by atoms with Crippen molar-refractivity contribution < 1.29 is 23.1 Å². The predicted molar refractivity (Wildman–Crippen MR) is 134 cm³/mol. The fourth-order valence-corrected chi connectivity index (χ4v) is 4.65. The van der Waals surface area contributed by atoms with Crippen LogP contribution < -0.4 is 4.74 Å². The molecule has 0 saturated heterocycles. The van der Waals surface area contributed by atoms with Crippen LogP contribution in [-0.4, -0.2) is 40.6 Å². The van der Waals surface area contributed by atoms with E-state index in [0.717, 1.165) is 34.2 Å². The van der Waals surface area contributed by atoms with Crippen LogP contribution in [0.15, 0.2) is 59.9 Å². The number of nitrogens with zero attached hydrogens (tertiary/aromatic N) is 3. The smallest absolute Gasteiger partial charge is 0.304 e. The number of hydrogen-bond acceptors (Lipinski definition) is 7. The van der Waals surface area contributed by atoms with E-state index in [1.807, 2.05) is 42.5 Å². The molecule has 36 heavy (non-hydrogen) atoms. The van der Waals surface area contributed by atoms with Crippen LogP contribution >= 0.6 is 0 Å². The van der Waals surface area contributed by atoms with Crippen molar-refractivity contribution in [3.05, 3.63) is 82.7 Å². The number of aromatic nitrogens is 2. The summed E-state index contributed by atoms with van der Waals surface area (Å²) in [7, 11) is -3.43. The topological polar surface area (TPSA) is 110 Å². The number of sulfone groups is 1. The molecule has 1 aliphatic rings. The van der Waals surface area contributed by atoms with Crippen LogP contribution in [-0.2, 0) is 40.9 Å². The van der Waals surface area contributed by atoms with E-state index in [0.29, 0.717) is 32.0 Å². The molecule has 0 saturated carbocycles. The Hall–Kier alpha value is -3.74. The van der Waals surface area contributed by atoms with Gasteiger partial charge in [0.2, 0.25) is 15.0 Å². The Labute approximate surface area is 210 Å². The first-order chi connectivity index (χ1) is 17.2. The molecule has 0 aliphatic carbocycles. The standard InChI is InChI=1S/C27H27N3O5S/c1-3-5-22(13-26(31)32)21-8-10-24(11-9-21)35-18-20-7-4-6-19(12-20)15-30-16-23-14-28-27(36(2,33)34)29-25(23)17-30/h4,6-12,14,22H,13,15-18H2,1-2H3,(H,31,32)/t22-/m0/s1. The zero-order chi connectivity index (χ0) is 25.7. The number of rotatable bonds is 9. The van der Waals surface area contributed by atoms with Gasteiger partial charge in [0.15, 0.2) is 0 Å². The van der Waals surface area contributed by atoms with Crippen molar-refractivity contribution in [3.63, 3.8) is 0 Å². The third-order valence-electron chi connectivity index (χ3n) is 5.81. The van der Waals surface area contributed by atoms with E-state index in [1.165, 1.54) is 0 Å². The van der Waals surface area contributed by atoms with Gasteiger partial charge in [-0.05, 0) is 35.7 Å². The highest BCUT2D eigenvalue weighted by Gasteiger charge is 2.23. The van der Waals surface area contributed by atoms with Gasteiger partial charge < -0.3 is 9.84 Å². The fourth-order valence-electron chi connectivity index (χ4n) is 4.13. The van der Waals surface area contributed by atoms with Crippen LogP contribution in [0.2, 0.25) is 0 Å². The molecule has 4 rings (SSSR count). The quantitative estimate of drug-likeness (QED) is 0.347. The van der Waals surface area contributed by atoms with E-state index in [1.54, 1.807) is 13.1 Å². The lowest BCUT2D eigenvalue weighted by Gasteiger charge is -2.15. The van der Waals surface area contributed by atoms with Crippen molar-refractivity contribution in [2.45, 2.75) is 50.7 Å². The summed E-state index contributed by atoms with van der Waals surface area (Å²) in [4.78, 5) is 21.5. The minimum absolute atomic E-state index is 0.0403. The van der Waals surface area contributed by atoms with E-state index in [9.17, 15) is 13.2 Å². The molecule has 1 N–H and O–H groups in total. The van der Waals surface area contributed by atoms with Gasteiger partial charge in [0, 0.05) is 37.7 Å². The van der Waals surface area contributed by atoms with Crippen LogP contribution in [0.1, 0.15) is 47.2 Å². The Morgan fingerprint density at radius 1 is 1.17 bits per heavy atom. The maximum absolute atomic E-state index is 11.7. The highest BCUT2D eigenvalue weighted by atomic mass is 32.2. The number of fused-ring (bicyclic) bond motifs is 1. The van der Waals surface area contributed by atoms with Gasteiger partial charge in [-0.25, -0.2) is 18.4 Å². The van der Waals surface area contributed by atoms with Crippen molar-refractivity contribution in [2.75, 3.05) is 6.26 Å². The predicted octanol–water partition coefficient (Wildman–Crippen LogP) is 3.56. The highest BCUT2D eigenvalue weighted by molar-refractivity contribution is 7.90. The summed E-state index contributed by atoms with van der Waals surface area (Å²) >= 11 is 0. The number of hydrogen-bond donors (Lipinski definition) is 1. The molecule has 2 heterocycles. The Kier molecular flexibility index (Phi) is 7.67. The average Bonchev–Trinajstić information content (AvgIpc) is 3.24. The number of carboxylic acids is 1. The van der Waals surface area contributed by atoms with Crippen molar-refractivity contribution in [1.82, 2.24) is 14.9 Å². The van der Waals surface area contributed by atoms with Crippen molar-refractivity contribution in [1.29, 1.82) is 0 Å². The summed E-state index contributed by atoms with van der Waals surface area (Å²) in [6.07, 6.45) is 2.68. The third kappa shape index (κ3) is 6.47. The minimum Gasteiger partial charge on any atom is -0.489 e. The van der Waals surface area contributed by atoms with E-state index in [4.69, 9.17) is 9.84 Å². The molecule has 3 aromatic rings. The monoisotopic (exact) mass is 505 g/mol. The lowest BCUT2D eigenvalue weighted by molar-refractivity contribution is -0.137. The Morgan fingerprint density at radius 3 is 2.61 bits per heavy atom. The molecule has 0 amide bonds. The maximum Gasteiger partial charge on any atom is 0.304 e. The lowest BCUT2D eigenvalue weighted by Crippen LogP contribution is -2.16. The SMILES string of the molecule is CC#C[C@@H](CC(=O)O)c1ccc(OCc2cccc(CN3Cc4cnc(S(C)(=O)=O)nc4C3)c2)cc1. The maximum atomic E-state index is 11.7. The molecule has 1 aromatic heterocycles. The largest absolute Gasteiger partial charge is 0.489 e. The zero-order valence-corrected chi connectivity index (χ0v) is 21.0. The van der Waals surface area contributed by atoms with Gasteiger partial charge in [0.1, 0.15) is 12.4 Å². The molecule has 9 heteroatoms. The average molecular weight is 506 g/mol. The third-order valence-corrected chi connectivity index (χ3v) is 6.67. The molecule has 0 unspecified atom stereocenters. The second-order valence-electron chi connectivity index (χ2n) is 8.76. The van der Waals surface area contributed by atoms with Gasteiger partial charge >= 0.3 is 5.97 Å². The first kappa shape index (κ1) is 25.4. The van der Waals surface area contributed by atoms with E-state index < -0.39 is 15.8 Å². The fraction of sp³-hybridized carbons (Fsp3) is 0.296. The van der Waals surface area contributed by atoms with Crippen LogP contribution in [0.3, 0.4) is 0 Å². The van der Waals surface area contributed by atoms with Crippen LogP contribution in [0.5, 0.6) is 5.75 Å². The second kappa shape index (κ2) is 10.9. The number of benzene rings is 2. The molecule has 0 spiro atoms. The normalized spacial score (nSPS) is 13.9. The first-order valence-electron chi connectivity index (χ1n) is 11.4. The molecule has 2 aromatic carbocycles. The number of carbonyl (C=O) groups is 1. The van der Waals surface area contributed by atoms with Gasteiger partial charge in [0.05, 0.1) is 18.0 Å². The number of ether oxygens (including phenoxy) is 1. The van der Waals surface area contributed by atoms with Gasteiger partial charge in [-0.2, -0.15) is 0 Å². The Bertz CT molecular complexity index is 1430. The van der Waals surface area contributed by atoms with E-state index in [2.05, 4.69) is 32.8 Å². The van der Waals surface area contributed by atoms with Crippen LogP contribution in [0.4, 0.5) is 0 Å². The highest BCUT2D eigenvalue weighted by Crippen LogP contribution is 2.25. The molecule has 186 valence electrons. The van der Waals surface area contributed by atoms with Crippen molar-refractivity contribution in [2.24, 2.45) is 0 Å². The van der Waals surface area contributed by atoms with Crippen LogP contribution in [0.25, 0.3) is 0 Å². The summed E-state index contributed by atoms with van der Waals surface area (Å²) in [6, 6.07) is 15.5. The van der Waals surface area contributed by atoms with E-state index in [-0.39, 0.29) is 17.5 Å². The molecule has 0 fully saturated rings. The summed E-state index contributed by atoms with van der Waals surface area (Å²) in [5.74, 6) is 5.21. The van der Waals surface area contributed by atoms with Gasteiger partial charge in [-0.3, -0.25) is 9.69 Å². The first-order valence-corrected chi connectivity index (χ1v) is 13.3. The van der Waals surface area contributed by atoms with E-state index >= 15 is 0 Å². The van der Waals surface area contributed by atoms with Gasteiger partial charge in [0.25, 0.3) is 0 Å². The van der Waals surface area contributed by atoms with Crippen LogP contribution in [0, 0.1) is 11.8 Å². The second-order valence-corrected chi connectivity index (χ2v) is 10.7. The lowest BCUT2D eigenvalue weighted by atomic mass is 9.96. The molecule has 0 radical (unpaired) electrons. The molecular formula is C27H27N3O5S. The minimum atomic E-state index is -3.43. The molecule has 0 bridgehead atoms. The summed E-state index contributed by atoms with van der Waals surface area (Å²) in [5, 5.41) is 8.98.